The Morgan fingerprint density at radius 1 is 1.40 bits per heavy atom. The zero-order chi connectivity index (χ0) is 10.9. The van der Waals surface area contributed by atoms with Crippen molar-refractivity contribution >= 4 is 21.8 Å². The molecule has 1 aromatic rings. The second kappa shape index (κ2) is 4.68. The molecule has 0 fully saturated rings. The number of rotatable bonds is 2. The summed E-state index contributed by atoms with van der Waals surface area (Å²) in [4.78, 5) is 9.90. The Morgan fingerprint density at radius 3 is 2.33 bits per heavy atom. The molecule has 0 unspecified atom stereocenters. The van der Waals surface area contributed by atoms with Gasteiger partial charge in [0.25, 0.3) is 10.1 Å². The molecule has 0 saturated carbocycles. The molecule has 0 amide bonds. The van der Waals surface area contributed by atoms with Gasteiger partial charge in [0.1, 0.15) is 0 Å². The average Bonchev–Trinajstić information content (AvgIpc) is 2.02. The molecule has 0 atom stereocenters. The van der Waals surface area contributed by atoms with Crippen molar-refractivity contribution in [2.24, 2.45) is 0 Å². The molecule has 1 aromatic carbocycles. The summed E-state index contributed by atoms with van der Waals surface area (Å²) in [6.45, 7) is 0. The molecule has 0 aromatic heterocycles. The van der Waals surface area contributed by atoms with Crippen molar-refractivity contribution in [1.82, 2.24) is 0 Å². The Bertz CT molecular complexity index is 484. The van der Waals surface area contributed by atoms with Crippen LogP contribution in [0.3, 0.4) is 0 Å². The minimum Gasteiger partial charge on any atom is -0.545 e. The van der Waals surface area contributed by atoms with Gasteiger partial charge in [0.2, 0.25) is 0 Å². The first-order valence-corrected chi connectivity index (χ1v) is 4.85. The van der Waals surface area contributed by atoms with Crippen LogP contribution >= 0.6 is 0 Å². The number of nitrogens with two attached hydrogens (primary N) is 1. The van der Waals surface area contributed by atoms with E-state index in [9.17, 15) is 18.3 Å². The molecule has 0 radical (unpaired) electrons. The SMILES string of the molecule is Nc1ccc(S(=O)(=O)O)cc1C(=O)[O-].[Li+]. The van der Waals surface area contributed by atoms with Crippen LogP contribution in [0.5, 0.6) is 0 Å². The minimum atomic E-state index is -4.42. The van der Waals surface area contributed by atoms with E-state index in [0.29, 0.717) is 0 Å². The van der Waals surface area contributed by atoms with Gasteiger partial charge in [-0.25, -0.2) is 0 Å². The quantitative estimate of drug-likeness (QED) is 0.298. The normalized spacial score (nSPS) is 10.5. The number of carbonyl (C=O) groups is 1. The van der Waals surface area contributed by atoms with E-state index >= 15 is 0 Å². The zero-order valence-corrected chi connectivity index (χ0v) is 8.61. The van der Waals surface area contributed by atoms with Gasteiger partial charge in [0.05, 0.1) is 10.9 Å². The van der Waals surface area contributed by atoms with Crippen LogP contribution in [-0.2, 0) is 10.1 Å². The van der Waals surface area contributed by atoms with Crippen LogP contribution in [0.25, 0.3) is 0 Å². The van der Waals surface area contributed by atoms with Gasteiger partial charge in [0, 0.05) is 11.3 Å². The molecule has 15 heavy (non-hydrogen) atoms. The largest absolute Gasteiger partial charge is 1.00 e. The summed E-state index contributed by atoms with van der Waals surface area (Å²) >= 11 is 0. The van der Waals surface area contributed by atoms with Gasteiger partial charge < -0.3 is 15.6 Å². The Labute approximate surface area is 98.0 Å². The average molecular weight is 223 g/mol. The molecule has 0 aliphatic heterocycles. The Morgan fingerprint density at radius 2 is 1.93 bits per heavy atom. The van der Waals surface area contributed by atoms with Gasteiger partial charge in [0.15, 0.2) is 0 Å². The van der Waals surface area contributed by atoms with Gasteiger partial charge in [-0.15, -0.1) is 0 Å². The van der Waals surface area contributed by atoms with Crippen molar-refractivity contribution in [2.75, 3.05) is 5.73 Å². The fraction of sp³-hybridized carbons (Fsp3) is 0. The zero-order valence-electron chi connectivity index (χ0n) is 7.80. The van der Waals surface area contributed by atoms with Crippen molar-refractivity contribution in [3.63, 3.8) is 0 Å². The number of hydrogen-bond donors (Lipinski definition) is 2. The van der Waals surface area contributed by atoms with Crippen molar-refractivity contribution in [1.29, 1.82) is 0 Å². The minimum absolute atomic E-state index is 0. The number of carbonyl (C=O) groups excluding carboxylic acids is 1. The van der Waals surface area contributed by atoms with E-state index < -0.39 is 26.5 Å². The standard InChI is InChI=1S/C7H7NO5S.Li/c8-6-2-1-4(14(11,12)13)3-5(6)7(9)10;/h1-3H,8H2,(H,9,10)(H,11,12,13);/q;+1/p-1. The second-order valence-electron chi connectivity index (χ2n) is 2.51. The Balaban J connectivity index is 0.00000196. The molecule has 0 spiro atoms. The van der Waals surface area contributed by atoms with Crippen LogP contribution in [-0.4, -0.2) is 18.9 Å². The van der Waals surface area contributed by atoms with Crippen LogP contribution < -0.4 is 29.7 Å². The van der Waals surface area contributed by atoms with Crippen LogP contribution in [0.15, 0.2) is 23.1 Å². The number of anilines is 1. The van der Waals surface area contributed by atoms with Gasteiger partial charge in [-0.2, -0.15) is 8.42 Å². The summed E-state index contributed by atoms with van der Waals surface area (Å²) in [5, 5.41) is 10.4. The first-order chi connectivity index (χ1) is 6.32. The maximum Gasteiger partial charge on any atom is 1.00 e. The Hall–Kier alpha value is -1.00. The molecular formula is C7H6LiNO5S. The predicted octanol–water partition coefficient (Wildman–Crippen LogP) is -4.12. The molecule has 3 N–H and O–H groups in total. The monoisotopic (exact) mass is 223 g/mol. The van der Waals surface area contributed by atoms with Gasteiger partial charge >= 0.3 is 18.9 Å². The number of aromatic carboxylic acids is 1. The number of carboxylic acids is 1. The maximum atomic E-state index is 10.6. The first kappa shape index (κ1) is 14.0. The van der Waals surface area contributed by atoms with Crippen LogP contribution in [0.1, 0.15) is 10.4 Å². The Kier molecular flexibility index (Phi) is 4.37. The third-order valence-corrected chi connectivity index (χ3v) is 2.39. The third-order valence-electron chi connectivity index (χ3n) is 1.54. The second-order valence-corrected chi connectivity index (χ2v) is 3.93. The van der Waals surface area contributed by atoms with Crippen molar-refractivity contribution < 1.29 is 41.7 Å². The van der Waals surface area contributed by atoms with Crippen molar-refractivity contribution in [3.05, 3.63) is 23.8 Å². The molecule has 76 valence electrons. The molecule has 6 nitrogen and oxygen atoms in total. The summed E-state index contributed by atoms with van der Waals surface area (Å²) in [7, 11) is -4.42. The molecule has 0 saturated heterocycles. The topological polar surface area (TPSA) is 121 Å². The van der Waals surface area contributed by atoms with E-state index in [1.165, 1.54) is 0 Å². The molecule has 0 heterocycles. The van der Waals surface area contributed by atoms with E-state index in [1.54, 1.807) is 0 Å². The first-order valence-electron chi connectivity index (χ1n) is 3.40. The molecule has 0 aliphatic carbocycles. The number of nitrogen functional groups attached to an aromatic ring is 1. The smallest absolute Gasteiger partial charge is 0.545 e. The van der Waals surface area contributed by atoms with Crippen LogP contribution in [0.2, 0.25) is 0 Å². The summed E-state index contributed by atoms with van der Waals surface area (Å²) in [6, 6.07) is 2.80. The summed E-state index contributed by atoms with van der Waals surface area (Å²) < 4.78 is 29.8. The number of benzene rings is 1. The van der Waals surface area contributed by atoms with Crippen LogP contribution in [0, 0.1) is 0 Å². The third kappa shape index (κ3) is 3.25. The molecular weight excluding hydrogens is 217 g/mol. The molecule has 1 rings (SSSR count). The molecule has 0 aliphatic rings. The van der Waals surface area contributed by atoms with Gasteiger partial charge in [-0.1, -0.05) is 0 Å². The van der Waals surface area contributed by atoms with Crippen LogP contribution in [0.4, 0.5) is 5.69 Å². The predicted molar refractivity (Wildman–Crippen MR) is 45.0 cm³/mol. The molecule has 0 bridgehead atoms. The van der Waals surface area contributed by atoms with Gasteiger partial charge in [-0.05, 0) is 18.2 Å². The van der Waals surface area contributed by atoms with E-state index in [-0.39, 0.29) is 24.5 Å². The summed E-state index contributed by atoms with van der Waals surface area (Å²) in [5.74, 6) is -1.60. The van der Waals surface area contributed by atoms with Gasteiger partial charge in [-0.3, -0.25) is 4.55 Å². The van der Waals surface area contributed by atoms with Crippen molar-refractivity contribution in [3.8, 4) is 0 Å². The van der Waals surface area contributed by atoms with E-state index in [0.717, 1.165) is 18.2 Å². The van der Waals surface area contributed by atoms with Crippen molar-refractivity contribution in [2.45, 2.75) is 4.90 Å². The fourth-order valence-electron chi connectivity index (χ4n) is 0.873. The summed E-state index contributed by atoms with van der Waals surface area (Å²) in [5.41, 5.74) is 4.64. The van der Waals surface area contributed by atoms with E-state index in [4.69, 9.17) is 10.3 Å². The number of carboxylic acid groups (broad SMARTS) is 1. The fourth-order valence-corrected chi connectivity index (χ4v) is 1.38. The van der Waals surface area contributed by atoms with E-state index in [1.807, 2.05) is 0 Å². The van der Waals surface area contributed by atoms with E-state index in [2.05, 4.69) is 0 Å². The maximum absolute atomic E-state index is 10.6. The summed E-state index contributed by atoms with van der Waals surface area (Å²) in [6.07, 6.45) is 0. The molecule has 8 heteroatoms. The number of hydrogen-bond acceptors (Lipinski definition) is 5.